The minimum absolute atomic E-state index is 0.0148. The third-order valence-corrected chi connectivity index (χ3v) is 6.72. The molecule has 1 saturated heterocycles. The summed E-state index contributed by atoms with van der Waals surface area (Å²) >= 11 is 0. The van der Waals surface area contributed by atoms with Gasteiger partial charge >= 0.3 is 18.7 Å². The number of alkyl halides is 2. The number of alkyl carbamates (subject to hydrolysis) is 1. The largest absolute Gasteiger partial charge is 0.489 e. The van der Waals surface area contributed by atoms with Crippen molar-refractivity contribution in [2.75, 3.05) is 20.3 Å². The topological polar surface area (TPSA) is 166 Å². The fourth-order valence-corrected chi connectivity index (χ4v) is 4.55. The van der Waals surface area contributed by atoms with Crippen molar-refractivity contribution in [2.24, 2.45) is 11.7 Å². The van der Waals surface area contributed by atoms with E-state index >= 15 is 0 Å². The number of likely N-dealkylation sites (tertiary alicyclic amines) is 1. The highest BCUT2D eigenvalue weighted by Gasteiger charge is 2.39. The number of methoxy groups -OCH3 is 1. The number of oxazole rings is 1. The zero-order chi connectivity index (χ0) is 29.0. The second-order valence-electron chi connectivity index (χ2n) is 9.93. The van der Waals surface area contributed by atoms with Gasteiger partial charge in [0.25, 0.3) is 5.91 Å². The number of hydrogen-bond acceptors (Lipinski definition) is 9. The molecule has 0 unspecified atom stereocenters. The predicted octanol–water partition coefficient (Wildman–Crippen LogP) is 3.56. The number of nitrogens with zero attached hydrogens (tertiary/aromatic N) is 2. The summed E-state index contributed by atoms with van der Waals surface area (Å²) in [5.41, 5.74) is 6.38. The Kier molecular flexibility index (Phi) is 9.07. The molecule has 0 bridgehead atoms. The zero-order valence-electron chi connectivity index (χ0n) is 22.1. The van der Waals surface area contributed by atoms with Crippen molar-refractivity contribution < 1.29 is 46.9 Å². The van der Waals surface area contributed by atoms with Gasteiger partial charge in [-0.25, -0.2) is 9.78 Å². The van der Waals surface area contributed by atoms with Crippen LogP contribution in [0.5, 0.6) is 11.5 Å². The number of nitrogens with two attached hydrogens (primary N) is 1. The standard InChI is InChI=1S/C26H32F2N4O8/c1-13(29)22-21(24(35)32-11-16(30-26(36)37-2)10-17(32)6-8-20(33)34)31-23(40-22)15-5-7-18(39-25(27)28)19(9-15)38-12-14-3-4-14/h5,7,9,13-14,16-17,25H,3-4,6,8,10-12,29H2,1-2H3,(H,30,36)(H,33,34)/t13-,16+,17+/m0/s1. The molecule has 2 heterocycles. The monoisotopic (exact) mass is 566 g/mol. The highest BCUT2D eigenvalue weighted by molar-refractivity contribution is 5.94. The first kappa shape index (κ1) is 29.1. The van der Waals surface area contributed by atoms with Crippen LogP contribution in [0.15, 0.2) is 22.6 Å². The maximum Gasteiger partial charge on any atom is 0.407 e. The van der Waals surface area contributed by atoms with Crippen molar-refractivity contribution in [2.45, 2.75) is 63.8 Å². The van der Waals surface area contributed by atoms with Crippen molar-refractivity contribution in [3.63, 3.8) is 0 Å². The molecule has 1 saturated carbocycles. The number of hydrogen-bond donors (Lipinski definition) is 3. The van der Waals surface area contributed by atoms with Crippen LogP contribution in [0.25, 0.3) is 11.5 Å². The summed E-state index contributed by atoms with van der Waals surface area (Å²) in [4.78, 5) is 42.5. The van der Waals surface area contributed by atoms with Crippen molar-refractivity contribution in [1.29, 1.82) is 0 Å². The number of aliphatic carboxylic acids is 1. The van der Waals surface area contributed by atoms with Gasteiger partial charge in [-0.2, -0.15) is 8.78 Å². The molecule has 2 aromatic rings. The lowest BCUT2D eigenvalue weighted by Gasteiger charge is -2.23. The summed E-state index contributed by atoms with van der Waals surface area (Å²) in [5.74, 6) is -1.16. The lowest BCUT2D eigenvalue weighted by atomic mass is 10.1. The molecule has 2 fully saturated rings. The molecule has 4 N–H and O–H groups in total. The summed E-state index contributed by atoms with van der Waals surface area (Å²) in [7, 11) is 1.22. The first-order valence-corrected chi connectivity index (χ1v) is 12.9. The van der Waals surface area contributed by atoms with Gasteiger partial charge in [-0.15, -0.1) is 0 Å². The van der Waals surface area contributed by atoms with Crippen LogP contribution in [0.2, 0.25) is 0 Å². The molecule has 4 rings (SSSR count). The lowest BCUT2D eigenvalue weighted by Crippen LogP contribution is -2.40. The summed E-state index contributed by atoms with van der Waals surface area (Å²) in [6.45, 7) is -0.996. The van der Waals surface area contributed by atoms with E-state index in [-0.39, 0.29) is 48.2 Å². The van der Waals surface area contributed by atoms with Gasteiger partial charge < -0.3 is 39.7 Å². The minimum Gasteiger partial charge on any atom is -0.489 e. The zero-order valence-corrected chi connectivity index (χ0v) is 22.1. The fraction of sp³-hybridized carbons (Fsp3) is 0.538. The molecule has 2 amide bonds. The molecule has 1 aliphatic carbocycles. The van der Waals surface area contributed by atoms with E-state index in [1.807, 2.05) is 0 Å². The van der Waals surface area contributed by atoms with E-state index < -0.39 is 42.7 Å². The van der Waals surface area contributed by atoms with Crippen LogP contribution in [0, 0.1) is 5.92 Å². The molecule has 2 aliphatic rings. The Morgan fingerprint density at radius 3 is 2.65 bits per heavy atom. The maximum absolute atomic E-state index is 13.7. The Bertz CT molecular complexity index is 1230. The number of carbonyl (C=O) groups is 3. The molecule has 1 aliphatic heterocycles. The van der Waals surface area contributed by atoms with Crippen molar-refractivity contribution in [1.82, 2.24) is 15.2 Å². The highest BCUT2D eigenvalue weighted by atomic mass is 19.3. The van der Waals surface area contributed by atoms with Gasteiger partial charge in [-0.3, -0.25) is 9.59 Å². The summed E-state index contributed by atoms with van der Waals surface area (Å²) < 4.78 is 46.7. The number of carbonyl (C=O) groups excluding carboxylic acids is 2. The number of benzene rings is 1. The number of rotatable bonds is 12. The van der Waals surface area contributed by atoms with E-state index in [2.05, 4.69) is 19.8 Å². The average molecular weight is 567 g/mol. The molecule has 1 aromatic carbocycles. The number of carboxylic acids is 1. The fourth-order valence-electron chi connectivity index (χ4n) is 4.55. The predicted molar refractivity (Wildman–Crippen MR) is 135 cm³/mol. The van der Waals surface area contributed by atoms with Crippen LogP contribution in [0.3, 0.4) is 0 Å². The first-order chi connectivity index (χ1) is 19.0. The number of aromatic nitrogens is 1. The summed E-state index contributed by atoms with van der Waals surface area (Å²) in [6.07, 6.45) is 1.61. The van der Waals surface area contributed by atoms with Gasteiger partial charge in [0.05, 0.1) is 25.8 Å². The van der Waals surface area contributed by atoms with Crippen LogP contribution in [0.4, 0.5) is 13.6 Å². The molecular weight excluding hydrogens is 534 g/mol. The summed E-state index contributed by atoms with van der Waals surface area (Å²) in [5, 5.41) is 11.8. The van der Waals surface area contributed by atoms with Crippen LogP contribution < -0.4 is 20.5 Å². The van der Waals surface area contributed by atoms with Crippen LogP contribution >= 0.6 is 0 Å². The quantitative estimate of drug-likeness (QED) is 0.346. The minimum atomic E-state index is -3.04. The van der Waals surface area contributed by atoms with Crippen LogP contribution in [-0.2, 0) is 9.53 Å². The van der Waals surface area contributed by atoms with Gasteiger partial charge in [0.1, 0.15) is 0 Å². The maximum atomic E-state index is 13.7. The van der Waals surface area contributed by atoms with E-state index in [4.69, 9.17) is 14.9 Å². The molecule has 14 heteroatoms. The number of ether oxygens (including phenoxy) is 3. The van der Waals surface area contributed by atoms with Crippen LogP contribution in [0.1, 0.15) is 61.3 Å². The molecule has 0 spiro atoms. The van der Waals surface area contributed by atoms with Crippen molar-refractivity contribution >= 4 is 18.0 Å². The van der Waals surface area contributed by atoms with E-state index in [9.17, 15) is 28.3 Å². The Hall–Kier alpha value is -3.94. The lowest BCUT2D eigenvalue weighted by molar-refractivity contribution is -0.137. The van der Waals surface area contributed by atoms with Gasteiger partial charge in [0.2, 0.25) is 5.89 Å². The molecular formula is C26H32F2N4O8. The Labute approximate surface area is 228 Å². The highest BCUT2D eigenvalue weighted by Crippen LogP contribution is 2.37. The smallest absolute Gasteiger partial charge is 0.407 e. The molecule has 0 radical (unpaired) electrons. The molecule has 218 valence electrons. The Morgan fingerprint density at radius 2 is 2.02 bits per heavy atom. The van der Waals surface area contributed by atoms with Gasteiger partial charge in [-0.05, 0) is 56.7 Å². The normalized spacial score (nSPS) is 19.4. The molecule has 1 aromatic heterocycles. The van der Waals surface area contributed by atoms with Crippen molar-refractivity contribution in [3.8, 4) is 23.0 Å². The third-order valence-electron chi connectivity index (χ3n) is 6.72. The molecule has 3 atom stereocenters. The van der Waals surface area contributed by atoms with E-state index in [1.165, 1.54) is 30.2 Å². The number of amides is 2. The molecule has 40 heavy (non-hydrogen) atoms. The number of halogens is 2. The average Bonchev–Trinajstić information content (AvgIpc) is 3.47. The van der Waals surface area contributed by atoms with Crippen LogP contribution in [-0.4, -0.2) is 71.9 Å². The van der Waals surface area contributed by atoms with Gasteiger partial charge in [0.15, 0.2) is 23.0 Å². The second kappa shape index (κ2) is 12.5. The van der Waals surface area contributed by atoms with Crippen molar-refractivity contribution in [3.05, 3.63) is 29.7 Å². The SMILES string of the molecule is COC(=O)N[C@@H]1C[C@@H](CCC(=O)O)N(C(=O)c2nc(-c3ccc(OC(F)F)c(OCC4CC4)c3)oc2[C@H](C)N)C1. The van der Waals surface area contributed by atoms with Gasteiger partial charge in [0, 0.05) is 24.6 Å². The molecule has 12 nitrogen and oxygen atoms in total. The second-order valence-corrected chi connectivity index (χ2v) is 9.93. The van der Waals surface area contributed by atoms with E-state index in [0.717, 1.165) is 12.8 Å². The Morgan fingerprint density at radius 1 is 1.27 bits per heavy atom. The Balaban J connectivity index is 1.63. The van der Waals surface area contributed by atoms with E-state index in [1.54, 1.807) is 6.92 Å². The number of nitrogens with one attached hydrogen (secondary N) is 1. The number of carboxylic acid groups (broad SMARTS) is 1. The van der Waals surface area contributed by atoms with Gasteiger partial charge in [-0.1, -0.05) is 0 Å². The summed E-state index contributed by atoms with van der Waals surface area (Å²) in [6, 6.07) is 2.51. The first-order valence-electron chi connectivity index (χ1n) is 12.9. The third kappa shape index (κ3) is 7.17. The van der Waals surface area contributed by atoms with E-state index in [0.29, 0.717) is 24.5 Å².